The number of fused-ring (bicyclic) bond motifs is 1. The Kier molecular flexibility index (Phi) is 5.25. The van der Waals surface area contributed by atoms with Gasteiger partial charge in [-0.3, -0.25) is 9.78 Å². The summed E-state index contributed by atoms with van der Waals surface area (Å²) in [5, 5.41) is 0. The Morgan fingerprint density at radius 1 is 1.18 bits per heavy atom. The van der Waals surface area contributed by atoms with Crippen molar-refractivity contribution in [2.45, 2.75) is 12.8 Å². The van der Waals surface area contributed by atoms with Crippen LogP contribution in [0.3, 0.4) is 0 Å². The van der Waals surface area contributed by atoms with Crippen molar-refractivity contribution in [3.63, 3.8) is 0 Å². The number of likely N-dealkylation sites (tertiary alicyclic amines) is 1. The molecule has 0 N–H and O–H groups in total. The van der Waals surface area contributed by atoms with Crippen molar-refractivity contribution in [2.24, 2.45) is 5.92 Å². The Hall–Kier alpha value is -2.93. The molecule has 7 heteroatoms. The fourth-order valence-corrected chi connectivity index (χ4v) is 3.68. The molecule has 0 spiro atoms. The Morgan fingerprint density at radius 2 is 1.93 bits per heavy atom. The van der Waals surface area contributed by atoms with Gasteiger partial charge >= 0.3 is 0 Å². The lowest BCUT2D eigenvalue weighted by molar-refractivity contribution is 0.0609. The molecule has 1 amide bonds. The molecule has 0 bridgehead atoms. The van der Waals surface area contributed by atoms with Crippen molar-refractivity contribution in [3.05, 3.63) is 48.5 Å². The molecule has 0 saturated carbocycles. The number of imidazole rings is 1. The molecule has 1 aromatic carbocycles. The van der Waals surface area contributed by atoms with Gasteiger partial charge in [-0.2, -0.15) is 0 Å². The van der Waals surface area contributed by atoms with E-state index < -0.39 is 0 Å². The minimum atomic E-state index is -0.0275. The van der Waals surface area contributed by atoms with Crippen molar-refractivity contribution in [3.8, 4) is 17.0 Å². The Balaban J connectivity index is 1.59. The van der Waals surface area contributed by atoms with Crippen LogP contribution in [0.1, 0.15) is 23.3 Å². The molecule has 1 fully saturated rings. The average molecular weight is 380 g/mol. The van der Waals surface area contributed by atoms with E-state index in [0.717, 1.165) is 49.5 Å². The van der Waals surface area contributed by atoms with Crippen LogP contribution in [0.5, 0.6) is 5.75 Å². The van der Waals surface area contributed by atoms with E-state index >= 15 is 0 Å². The molecular weight excluding hydrogens is 356 g/mol. The molecule has 0 aliphatic carbocycles. The van der Waals surface area contributed by atoms with Crippen molar-refractivity contribution >= 4 is 11.6 Å². The van der Waals surface area contributed by atoms with Gasteiger partial charge in [-0.15, -0.1) is 0 Å². The first-order valence-electron chi connectivity index (χ1n) is 9.46. The Labute approximate surface area is 163 Å². The molecule has 7 nitrogen and oxygen atoms in total. The zero-order valence-corrected chi connectivity index (χ0v) is 16.2. The maximum atomic E-state index is 12.9. The Bertz CT molecular complexity index is 959. The summed E-state index contributed by atoms with van der Waals surface area (Å²) in [4.78, 5) is 23.9. The number of hydrogen-bond donors (Lipinski definition) is 0. The minimum Gasteiger partial charge on any atom is -0.497 e. The summed E-state index contributed by atoms with van der Waals surface area (Å²) in [6.45, 7) is 2.24. The van der Waals surface area contributed by atoms with Crippen LogP contribution in [-0.4, -0.2) is 59.1 Å². The fraction of sp³-hybridized carbons (Fsp3) is 0.381. The lowest BCUT2D eigenvalue weighted by atomic mass is 9.97. The first-order chi connectivity index (χ1) is 13.7. The van der Waals surface area contributed by atoms with E-state index in [9.17, 15) is 4.79 Å². The van der Waals surface area contributed by atoms with Crippen LogP contribution in [0, 0.1) is 5.92 Å². The van der Waals surface area contributed by atoms with E-state index in [0.29, 0.717) is 17.3 Å². The minimum absolute atomic E-state index is 0.0275. The zero-order valence-electron chi connectivity index (χ0n) is 16.2. The number of aromatic nitrogens is 3. The number of hydrogen-bond acceptors (Lipinski definition) is 5. The molecule has 4 rings (SSSR count). The number of amides is 1. The van der Waals surface area contributed by atoms with Gasteiger partial charge in [-0.1, -0.05) is 0 Å². The number of carbonyl (C=O) groups excluding carboxylic acids is 1. The van der Waals surface area contributed by atoms with Gasteiger partial charge in [0.25, 0.3) is 5.91 Å². The summed E-state index contributed by atoms with van der Waals surface area (Å²) in [7, 11) is 3.36. The van der Waals surface area contributed by atoms with Crippen molar-refractivity contribution in [2.75, 3.05) is 33.9 Å². The van der Waals surface area contributed by atoms with Crippen LogP contribution >= 0.6 is 0 Å². The van der Waals surface area contributed by atoms with Gasteiger partial charge in [-0.05, 0) is 43.0 Å². The normalized spacial score (nSPS) is 15.1. The van der Waals surface area contributed by atoms with Gasteiger partial charge in [0.2, 0.25) is 0 Å². The topological polar surface area (TPSA) is 69.0 Å². The molecule has 0 radical (unpaired) electrons. The van der Waals surface area contributed by atoms with E-state index in [-0.39, 0.29) is 5.91 Å². The van der Waals surface area contributed by atoms with E-state index in [2.05, 4.69) is 9.97 Å². The quantitative estimate of drug-likeness (QED) is 0.681. The highest BCUT2D eigenvalue weighted by atomic mass is 16.5. The van der Waals surface area contributed by atoms with Gasteiger partial charge in [-0.25, -0.2) is 4.98 Å². The third-order valence-corrected chi connectivity index (χ3v) is 5.26. The summed E-state index contributed by atoms with van der Waals surface area (Å²) in [5.74, 6) is 1.29. The SMILES string of the molecule is COCC1CCN(C(=O)c2cn3ccnc(-c4ccc(OC)cc4)c3n2)CC1. The van der Waals surface area contributed by atoms with E-state index in [1.807, 2.05) is 39.8 Å². The highest BCUT2D eigenvalue weighted by Crippen LogP contribution is 2.25. The van der Waals surface area contributed by atoms with Crippen molar-refractivity contribution < 1.29 is 14.3 Å². The summed E-state index contributed by atoms with van der Waals surface area (Å²) in [6.07, 6.45) is 7.25. The highest BCUT2D eigenvalue weighted by Gasteiger charge is 2.25. The van der Waals surface area contributed by atoms with Crippen LogP contribution in [0.15, 0.2) is 42.9 Å². The number of nitrogens with zero attached hydrogens (tertiary/aromatic N) is 4. The second-order valence-electron chi connectivity index (χ2n) is 7.05. The molecule has 28 heavy (non-hydrogen) atoms. The van der Waals surface area contributed by atoms with Gasteiger partial charge in [0.05, 0.1) is 7.11 Å². The third kappa shape index (κ3) is 3.57. The molecule has 0 unspecified atom stereocenters. The number of benzene rings is 1. The first kappa shape index (κ1) is 18.4. The number of carbonyl (C=O) groups is 1. The van der Waals surface area contributed by atoms with E-state index in [4.69, 9.17) is 9.47 Å². The molecular formula is C21H24N4O3. The van der Waals surface area contributed by atoms with Crippen molar-refractivity contribution in [1.82, 2.24) is 19.3 Å². The molecule has 1 aliphatic rings. The first-order valence-corrected chi connectivity index (χ1v) is 9.46. The molecule has 3 heterocycles. The molecule has 0 atom stereocenters. The van der Waals surface area contributed by atoms with Crippen LogP contribution in [0.2, 0.25) is 0 Å². The second-order valence-corrected chi connectivity index (χ2v) is 7.05. The van der Waals surface area contributed by atoms with Crippen LogP contribution < -0.4 is 4.74 Å². The maximum absolute atomic E-state index is 12.9. The summed E-state index contributed by atoms with van der Waals surface area (Å²) in [5.41, 5.74) is 2.79. The molecule has 1 saturated heterocycles. The van der Waals surface area contributed by atoms with E-state index in [1.54, 1.807) is 26.6 Å². The number of methoxy groups -OCH3 is 2. The standard InChI is InChI=1S/C21H24N4O3/c1-27-14-15-7-10-24(11-8-15)21(26)18-13-25-12-9-22-19(20(25)23-18)16-3-5-17(28-2)6-4-16/h3-6,9,12-13,15H,7-8,10-11,14H2,1-2H3. The molecule has 146 valence electrons. The average Bonchev–Trinajstić information content (AvgIpc) is 3.18. The van der Waals surface area contributed by atoms with Crippen molar-refractivity contribution in [1.29, 1.82) is 0 Å². The summed E-state index contributed by atoms with van der Waals surface area (Å²) >= 11 is 0. The predicted molar refractivity (Wildman–Crippen MR) is 105 cm³/mol. The van der Waals surface area contributed by atoms with Crippen LogP contribution in [0.4, 0.5) is 0 Å². The largest absolute Gasteiger partial charge is 0.497 e. The number of rotatable bonds is 5. The van der Waals surface area contributed by atoms with E-state index in [1.165, 1.54) is 0 Å². The van der Waals surface area contributed by atoms with Crippen LogP contribution in [0.25, 0.3) is 16.9 Å². The second kappa shape index (κ2) is 7.98. The van der Waals surface area contributed by atoms with Gasteiger partial charge in [0.15, 0.2) is 5.65 Å². The summed E-state index contributed by atoms with van der Waals surface area (Å²) in [6, 6.07) is 7.66. The lowest BCUT2D eigenvalue weighted by Gasteiger charge is -2.31. The van der Waals surface area contributed by atoms with Crippen LogP contribution in [-0.2, 0) is 4.74 Å². The fourth-order valence-electron chi connectivity index (χ4n) is 3.68. The summed E-state index contributed by atoms with van der Waals surface area (Å²) < 4.78 is 12.3. The number of ether oxygens (including phenoxy) is 2. The molecule has 3 aromatic rings. The molecule has 2 aromatic heterocycles. The zero-order chi connectivity index (χ0) is 19.5. The van der Waals surface area contributed by atoms with Gasteiger partial charge in [0.1, 0.15) is 17.1 Å². The van der Waals surface area contributed by atoms with Gasteiger partial charge < -0.3 is 18.8 Å². The highest BCUT2D eigenvalue weighted by molar-refractivity contribution is 5.93. The lowest BCUT2D eigenvalue weighted by Crippen LogP contribution is -2.39. The smallest absolute Gasteiger partial charge is 0.274 e. The number of piperidine rings is 1. The Morgan fingerprint density at radius 3 is 2.61 bits per heavy atom. The maximum Gasteiger partial charge on any atom is 0.274 e. The van der Waals surface area contributed by atoms with Gasteiger partial charge in [0, 0.05) is 51.0 Å². The molecule has 1 aliphatic heterocycles. The third-order valence-electron chi connectivity index (χ3n) is 5.26. The predicted octanol–water partition coefficient (Wildman–Crippen LogP) is 2.90. The monoisotopic (exact) mass is 380 g/mol.